The average Bonchev–Trinajstić information content (AvgIpc) is 2.64. The van der Waals surface area contributed by atoms with Crippen LogP contribution < -0.4 is 0 Å². The number of rotatable bonds is 4. The van der Waals surface area contributed by atoms with Gasteiger partial charge < -0.3 is 14.8 Å². The van der Waals surface area contributed by atoms with E-state index in [4.69, 9.17) is 16.7 Å². The van der Waals surface area contributed by atoms with Crippen molar-refractivity contribution >= 4 is 22.6 Å². The molecule has 1 atom stereocenters. The zero-order valence-electron chi connectivity index (χ0n) is 9.60. The maximum absolute atomic E-state index is 9.70. The molecule has 2 rings (SSSR count). The maximum Gasteiger partial charge on any atom is 0.138 e. The van der Waals surface area contributed by atoms with Crippen LogP contribution in [0.15, 0.2) is 18.2 Å². The zero-order valence-corrected chi connectivity index (χ0v) is 10.4. The molecule has 0 saturated carbocycles. The van der Waals surface area contributed by atoms with Crippen molar-refractivity contribution in [3.63, 3.8) is 0 Å². The highest BCUT2D eigenvalue weighted by Gasteiger charge is 2.14. The normalized spacial score (nSPS) is 13.2. The fraction of sp³-hybridized carbons (Fsp3) is 0.417. The molecule has 92 valence electrons. The van der Waals surface area contributed by atoms with Crippen molar-refractivity contribution in [3.05, 3.63) is 29.0 Å². The van der Waals surface area contributed by atoms with E-state index < -0.39 is 6.10 Å². The number of aliphatic hydroxyl groups excluding tert-OH is 2. The summed E-state index contributed by atoms with van der Waals surface area (Å²) in [5.74, 6) is 0.607. The summed E-state index contributed by atoms with van der Waals surface area (Å²) in [6.45, 7) is 2.43. The summed E-state index contributed by atoms with van der Waals surface area (Å²) >= 11 is 5.91. The first-order valence-corrected chi connectivity index (χ1v) is 5.96. The molecule has 17 heavy (non-hydrogen) atoms. The molecule has 0 aliphatic rings. The summed E-state index contributed by atoms with van der Waals surface area (Å²) < 4.78 is 1.92. The summed E-state index contributed by atoms with van der Waals surface area (Å²) in [6.07, 6.45) is -0.00627. The number of fused-ring (bicyclic) bond motifs is 1. The van der Waals surface area contributed by atoms with Crippen LogP contribution in [0.1, 0.15) is 25.3 Å². The van der Waals surface area contributed by atoms with E-state index in [1.165, 1.54) is 0 Å². The SMILES string of the molecule is CC(O)c1nc2cc(Cl)ccc2n1CCCO. The van der Waals surface area contributed by atoms with Crippen molar-refractivity contribution in [2.75, 3.05) is 6.61 Å². The van der Waals surface area contributed by atoms with Crippen molar-refractivity contribution in [3.8, 4) is 0 Å². The van der Waals surface area contributed by atoms with E-state index in [-0.39, 0.29) is 6.61 Å². The molecule has 2 N–H and O–H groups in total. The second kappa shape index (κ2) is 5.04. The quantitative estimate of drug-likeness (QED) is 0.879. The van der Waals surface area contributed by atoms with Crippen LogP contribution in [0, 0.1) is 0 Å². The molecule has 2 aromatic rings. The second-order valence-electron chi connectivity index (χ2n) is 4.01. The van der Waals surface area contributed by atoms with Gasteiger partial charge in [0.15, 0.2) is 0 Å². The van der Waals surface area contributed by atoms with Crippen LogP contribution >= 0.6 is 11.6 Å². The topological polar surface area (TPSA) is 58.3 Å². The standard InChI is InChI=1S/C12H15ClN2O2/c1-8(17)12-14-10-7-9(13)3-4-11(10)15(12)5-2-6-16/h3-4,7-8,16-17H,2,5-6H2,1H3. The van der Waals surface area contributed by atoms with Crippen LogP contribution in [0.3, 0.4) is 0 Å². The minimum Gasteiger partial charge on any atom is -0.396 e. The molecule has 4 nitrogen and oxygen atoms in total. The third kappa shape index (κ3) is 2.44. The fourth-order valence-electron chi connectivity index (χ4n) is 1.90. The summed E-state index contributed by atoms with van der Waals surface area (Å²) in [6, 6.07) is 5.46. The molecule has 1 aromatic heterocycles. The van der Waals surface area contributed by atoms with Gasteiger partial charge in [0.2, 0.25) is 0 Å². The highest BCUT2D eigenvalue weighted by molar-refractivity contribution is 6.31. The van der Waals surface area contributed by atoms with Gasteiger partial charge in [0.25, 0.3) is 0 Å². The maximum atomic E-state index is 9.70. The van der Waals surface area contributed by atoms with E-state index in [2.05, 4.69) is 4.98 Å². The first kappa shape index (κ1) is 12.4. The number of aryl methyl sites for hydroxylation is 1. The Balaban J connectivity index is 2.54. The Labute approximate surface area is 104 Å². The van der Waals surface area contributed by atoms with Crippen molar-refractivity contribution in [1.29, 1.82) is 0 Å². The van der Waals surface area contributed by atoms with E-state index >= 15 is 0 Å². The number of hydrogen-bond donors (Lipinski definition) is 2. The van der Waals surface area contributed by atoms with Crippen LogP contribution in [0.5, 0.6) is 0 Å². The molecule has 1 heterocycles. The van der Waals surface area contributed by atoms with Crippen molar-refractivity contribution in [2.45, 2.75) is 26.0 Å². The van der Waals surface area contributed by atoms with Crippen LogP contribution in [0.2, 0.25) is 5.02 Å². The van der Waals surface area contributed by atoms with E-state index in [1.807, 2.05) is 10.6 Å². The van der Waals surface area contributed by atoms with Crippen molar-refractivity contribution in [1.82, 2.24) is 9.55 Å². The molecule has 1 unspecified atom stereocenters. The van der Waals surface area contributed by atoms with Gasteiger partial charge in [-0.25, -0.2) is 4.98 Å². The molecule has 0 bridgehead atoms. The van der Waals surface area contributed by atoms with Crippen molar-refractivity contribution < 1.29 is 10.2 Å². The Hall–Kier alpha value is -1.10. The van der Waals surface area contributed by atoms with E-state index in [9.17, 15) is 5.11 Å². The molecule has 0 aliphatic carbocycles. The molecule has 1 aromatic carbocycles. The monoisotopic (exact) mass is 254 g/mol. The molecular weight excluding hydrogens is 240 g/mol. The summed E-state index contributed by atoms with van der Waals surface area (Å²) in [4.78, 5) is 4.37. The predicted octanol–water partition coefficient (Wildman–Crippen LogP) is 2.13. The van der Waals surface area contributed by atoms with E-state index in [0.29, 0.717) is 23.8 Å². The van der Waals surface area contributed by atoms with Gasteiger partial charge in [0.05, 0.1) is 11.0 Å². The van der Waals surface area contributed by atoms with Gasteiger partial charge in [-0.2, -0.15) is 0 Å². The molecular formula is C12H15ClN2O2. The molecule has 5 heteroatoms. The second-order valence-corrected chi connectivity index (χ2v) is 4.44. The van der Waals surface area contributed by atoms with Gasteiger partial charge in [-0.15, -0.1) is 0 Å². The summed E-state index contributed by atoms with van der Waals surface area (Å²) in [5, 5.41) is 19.2. The summed E-state index contributed by atoms with van der Waals surface area (Å²) in [7, 11) is 0. The molecule has 0 radical (unpaired) electrons. The fourth-order valence-corrected chi connectivity index (χ4v) is 2.07. The van der Waals surface area contributed by atoms with Gasteiger partial charge in [-0.3, -0.25) is 0 Å². The van der Waals surface area contributed by atoms with E-state index in [0.717, 1.165) is 11.0 Å². The summed E-state index contributed by atoms with van der Waals surface area (Å²) in [5.41, 5.74) is 1.70. The number of imidazole rings is 1. The minimum atomic E-state index is -0.639. The average molecular weight is 255 g/mol. The van der Waals surface area contributed by atoms with E-state index in [1.54, 1.807) is 19.1 Å². The smallest absolute Gasteiger partial charge is 0.138 e. The lowest BCUT2D eigenvalue weighted by molar-refractivity contribution is 0.183. The van der Waals surface area contributed by atoms with Crippen LogP contribution in [0.25, 0.3) is 11.0 Å². The lowest BCUT2D eigenvalue weighted by Crippen LogP contribution is -2.08. The van der Waals surface area contributed by atoms with Gasteiger partial charge in [0, 0.05) is 18.2 Å². The molecule has 0 amide bonds. The highest BCUT2D eigenvalue weighted by Crippen LogP contribution is 2.23. The highest BCUT2D eigenvalue weighted by atomic mass is 35.5. The lowest BCUT2D eigenvalue weighted by atomic mass is 10.3. The third-order valence-corrected chi connectivity index (χ3v) is 2.89. The Morgan fingerprint density at radius 3 is 2.88 bits per heavy atom. The molecule has 0 fully saturated rings. The molecule has 0 saturated heterocycles. The first-order valence-electron chi connectivity index (χ1n) is 5.58. The van der Waals surface area contributed by atoms with Crippen LogP contribution in [0.4, 0.5) is 0 Å². The lowest BCUT2D eigenvalue weighted by Gasteiger charge is -2.09. The van der Waals surface area contributed by atoms with Crippen molar-refractivity contribution in [2.24, 2.45) is 0 Å². The number of benzene rings is 1. The predicted molar refractivity (Wildman–Crippen MR) is 67.1 cm³/mol. The van der Waals surface area contributed by atoms with Crippen LogP contribution in [-0.4, -0.2) is 26.4 Å². The van der Waals surface area contributed by atoms with Crippen LogP contribution in [-0.2, 0) is 6.54 Å². The molecule has 0 spiro atoms. The Bertz CT molecular complexity index is 522. The Morgan fingerprint density at radius 2 is 2.24 bits per heavy atom. The zero-order chi connectivity index (χ0) is 12.4. The number of aromatic nitrogens is 2. The Kier molecular flexibility index (Phi) is 3.66. The number of hydrogen-bond acceptors (Lipinski definition) is 3. The first-order chi connectivity index (χ1) is 8.13. The molecule has 0 aliphatic heterocycles. The number of aliphatic hydroxyl groups is 2. The van der Waals surface area contributed by atoms with Gasteiger partial charge in [-0.05, 0) is 31.5 Å². The van der Waals surface area contributed by atoms with Gasteiger partial charge >= 0.3 is 0 Å². The van der Waals surface area contributed by atoms with Gasteiger partial charge in [0.1, 0.15) is 11.9 Å². The number of halogens is 1. The van der Waals surface area contributed by atoms with Gasteiger partial charge in [-0.1, -0.05) is 11.6 Å². The minimum absolute atomic E-state index is 0.118. The number of nitrogens with zero attached hydrogens (tertiary/aromatic N) is 2. The Morgan fingerprint density at radius 1 is 1.47 bits per heavy atom. The third-order valence-electron chi connectivity index (χ3n) is 2.65. The largest absolute Gasteiger partial charge is 0.396 e.